The van der Waals surface area contributed by atoms with Gasteiger partial charge in [0.05, 0.1) is 34.5 Å². The van der Waals surface area contributed by atoms with Crippen LogP contribution in [0.2, 0.25) is 19.6 Å². The van der Waals surface area contributed by atoms with Crippen LogP contribution in [0.3, 0.4) is 0 Å². The lowest BCUT2D eigenvalue weighted by Gasteiger charge is -2.31. The second-order valence-electron chi connectivity index (χ2n) is 7.78. The zero-order valence-corrected chi connectivity index (χ0v) is 22.3. The molecule has 7 nitrogen and oxygen atoms in total. The fourth-order valence-corrected chi connectivity index (χ4v) is 9.27. The maximum Gasteiger partial charge on any atom is 0.359 e. The summed E-state index contributed by atoms with van der Waals surface area (Å²) in [5.41, 5.74) is -0.0311. The Hall–Kier alpha value is -0.303. The van der Waals surface area contributed by atoms with Crippen LogP contribution in [0, 0.1) is 0 Å². The predicted octanol–water partition coefficient (Wildman–Crippen LogP) is 5.18. The number of nitrogens with one attached hydrogen (secondary N) is 1. The van der Waals surface area contributed by atoms with Gasteiger partial charge in [-0.15, -0.1) is 0 Å². The highest BCUT2D eigenvalue weighted by molar-refractivity contribution is 7.72. The van der Waals surface area contributed by atoms with Crippen LogP contribution in [0.5, 0.6) is 0 Å². The van der Waals surface area contributed by atoms with E-state index in [-0.39, 0.29) is 26.4 Å². The smallest absolute Gasteiger partial charge is 0.307 e. The molecule has 0 atom stereocenters. The lowest BCUT2D eigenvalue weighted by atomic mass is 10.1. The first kappa shape index (κ1) is 27.7. The molecular weight excluding hydrogens is 440 g/mol. The maximum absolute atomic E-state index is 13.5. The Kier molecular flexibility index (Phi) is 11.7. The standard InChI is InChI=1S/C20H39NO6P2Si/c1-8-24-28(22,25-9-2)20(29(23,26-10-3)27-11-4)21-16-15-18-13-12-14-19(17-18)30(5,6)7/h12-14,17,20-21H,8-11,15-16H2,1-7H3. The van der Waals surface area contributed by atoms with E-state index in [1.165, 1.54) is 5.19 Å². The van der Waals surface area contributed by atoms with Gasteiger partial charge in [0.2, 0.25) is 5.52 Å². The molecule has 0 aliphatic carbocycles. The summed E-state index contributed by atoms with van der Waals surface area (Å²) in [5.74, 6) is 0. The normalized spacial score (nSPS) is 13.2. The van der Waals surface area contributed by atoms with E-state index in [4.69, 9.17) is 18.1 Å². The predicted molar refractivity (Wildman–Crippen MR) is 127 cm³/mol. The van der Waals surface area contributed by atoms with Crippen molar-refractivity contribution >= 4 is 28.5 Å². The topological polar surface area (TPSA) is 83.1 Å². The number of benzene rings is 1. The molecule has 0 amide bonds. The lowest BCUT2D eigenvalue weighted by molar-refractivity contribution is 0.190. The van der Waals surface area contributed by atoms with Crippen LogP contribution in [0.25, 0.3) is 0 Å². The molecule has 0 aromatic heterocycles. The van der Waals surface area contributed by atoms with Gasteiger partial charge in [0.15, 0.2) is 0 Å². The molecule has 30 heavy (non-hydrogen) atoms. The van der Waals surface area contributed by atoms with Gasteiger partial charge in [0, 0.05) is 6.54 Å². The van der Waals surface area contributed by atoms with Gasteiger partial charge >= 0.3 is 15.2 Å². The molecule has 0 aliphatic heterocycles. The second kappa shape index (κ2) is 12.7. The Labute approximate surface area is 183 Å². The largest absolute Gasteiger partial charge is 0.359 e. The van der Waals surface area contributed by atoms with Gasteiger partial charge in [-0.25, -0.2) is 0 Å². The molecule has 174 valence electrons. The molecule has 0 heterocycles. The number of rotatable bonds is 15. The maximum atomic E-state index is 13.5. The summed E-state index contributed by atoms with van der Waals surface area (Å²) in [6.45, 7) is 14.9. The average molecular weight is 480 g/mol. The van der Waals surface area contributed by atoms with Crippen LogP contribution in [-0.4, -0.2) is 46.6 Å². The summed E-state index contributed by atoms with van der Waals surface area (Å²) in [6, 6.07) is 8.52. The van der Waals surface area contributed by atoms with Gasteiger partial charge in [-0.3, -0.25) is 14.4 Å². The minimum atomic E-state index is -3.79. The summed E-state index contributed by atoms with van der Waals surface area (Å²) in [5, 5.41) is 4.51. The highest BCUT2D eigenvalue weighted by Crippen LogP contribution is 2.69. The van der Waals surface area contributed by atoms with Crippen molar-refractivity contribution in [2.24, 2.45) is 0 Å². The third kappa shape index (κ3) is 7.99. The van der Waals surface area contributed by atoms with Gasteiger partial charge < -0.3 is 18.1 Å². The van der Waals surface area contributed by atoms with Crippen molar-refractivity contribution in [2.45, 2.75) is 59.3 Å². The minimum Gasteiger partial charge on any atom is -0.307 e. The van der Waals surface area contributed by atoms with E-state index < -0.39 is 28.8 Å². The first-order chi connectivity index (χ1) is 14.1. The molecule has 1 rings (SSSR count). The van der Waals surface area contributed by atoms with Gasteiger partial charge in [0.25, 0.3) is 0 Å². The van der Waals surface area contributed by atoms with Gasteiger partial charge in [0.1, 0.15) is 0 Å². The molecule has 0 saturated carbocycles. The zero-order valence-electron chi connectivity index (χ0n) is 19.5. The molecule has 1 aromatic rings. The van der Waals surface area contributed by atoms with Crippen molar-refractivity contribution < 1.29 is 27.2 Å². The zero-order chi connectivity index (χ0) is 22.8. The molecule has 1 aromatic carbocycles. The summed E-state index contributed by atoms with van der Waals surface area (Å²) in [6.07, 6.45) is 0.672. The molecule has 0 aliphatic rings. The van der Waals surface area contributed by atoms with Crippen LogP contribution in [0.15, 0.2) is 24.3 Å². The van der Waals surface area contributed by atoms with Crippen LogP contribution in [0.1, 0.15) is 33.3 Å². The molecule has 0 radical (unpaired) electrons. The van der Waals surface area contributed by atoms with Crippen LogP contribution in [0.4, 0.5) is 0 Å². The molecule has 0 bridgehead atoms. The Morgan fingerprint density at radius 2 is 1.33 bits per heavy atom. The second-order valence-corrected chi connectivity index (χ2v) is 17.5. The highest BCUT2D eigenvalue weighted by atomic mass is 31.2. The first-order valence-electron chi connectivity index (χ1n) is 10.7. The van der Waals surface area contributed by atoms with Crippen LogP contribution < -0.4 is 10.5 Å². The van der Waals surface area contributed by atoms with E-state index in [9.17, 15) is 9.13 Å². The Morgan fingerprint density at radius 3 is 1.73 bits per heavy atom. The molecule has 0 unspecified atom stereocenters. The third-order valence-corrected chi connectivity index (χ3v) is 12.1. The van der Waals surface area contributed by atoms with Gasteiger partial charge in [-0.05, 0) is 39.7 Å². The van der Waals surface area contributed by atoms with E-state index >= 15 is 0 Å². The molecule has 10 heteroatoms. The van der Waals surface area contributed by atoms with Crippen molar-refractivity contribution in [2.75, 3.05) is 33.0 Å². The molecule has 0 spiro atoms. The molecule has 0 fully saturated rings. The van der Waals surface area contributed by atoms with Crippen molar-refractivity contribution in [1.82, 2.24) is 5.32 Å². The van der Waals surface area contributed by atoms with E-state index in [1.54, 1.807) is 27.7 Å². The van der Waals surface area contributed by atoms with Crippen LogP contribution >= 0.6 is 15.2 Å². The molecule has 1 N–H and O–H groups in total. The Morgan fingerprint density at radius 1 is 0.867 bits per heavy atom. The monoisotopic (exact) mass is 479 g/mol. The minimum absolute atomic E-state index is 0.159. The summed E-state index contributed by atoms with van der Waals surface area (Å²) < 4.78 is 48.9. The van der Waals surface area contributed by atoms with Crippen molar-refractivity contribution in [3.63, 3.8) is 0 Å². The number of hydrogen-bond donors (Lipinski definition) is 1. The number of hydrogen-bond acceptors (Lipinski definition) is 7. The summed E-state index contributed by atoms with van der Waals surface area (Å²) in [7, 11) is -8.99. The van der Waals surface area contributed by atoms with Crippen LogP contribution in [-0.2, 0) is 33.6 Å². The first-order valence-corrected chi connectivity index (χ1v) is 17.4. The van der Waals surface area contributed by atoms with Crippen molar-refractivity contribution in [3.05, 3.63) is 29.8 Å². The van der Waals surface area contributed by atoms with Crippen molar-refractivity contribution in [1.29, 1.82) is 0 Å². The van der Waals surface area contributed by atoms with Gasteiger partial charge in [-0.2, -0.15) is 0 Å². The highest BCUT2D eigenvalue weighted by Gasteiger charge is 2.50. The fourth-order valence-electron chi connectivity index (χ4n) is 3.01. The summed E-state index contributed by atoms with van der Waals surface area (Å²) >= 11 is 0. The van der Waals surface area contributed by atoms with E-state index in [1.807, 2.05) is 0 Å². The summed E-state index contributed by atoms with van der Waals surface area (Å²) in [4.78, 5) is 0. The SMILES string of the molecule is CCOP(=O)(OCC)C(NCCc1cccc([Si](C)(C)C)c1)P(=O)(OCC)OCC. The molecule has 0 saturated heterocycles. The van der Waals surface area contributed by atoms with Crippen molar-refractivity contribution in [3.8, 4) is 0 Å². The quantitative estimate of drug-likeness (QED) is 0.274. The third-order valence-electron chi connectivity index (χ3n) is 4.37. The van der Waals surface area contributed by atoms with Gasteiger partial charge in [-0.1, -0.05) is 49.1 Å². The van der Waals surface area contributed by atoms with E-state index in [2.05, 4.69) is 49.2 Å². The Balaban J connectivity index is 3.12. The fraction of sp³-hybridized carbons (Fsp3) is 0.700. The van der Waals surface area contributed by atoms with E-state index in [0.29, 0.717) is 13.0 Å². The van der Waals surface area contributed by atoms with E-state index in [0.717, 1.165) is 5.56 Å². The average Bonchev–Trinajstić information content (AvgIpc) is 2.65. The lowest BCUT2D eigenvalue weighted by Crippen LogP contribution is -2.38. The Bertz CT molecular complexity index is 690. The molecular formula is C20H39NO6P2Si.